The van der Waals surface area contributed by atoms with Crippen molar-refractivity contribution in [2.75, 3.05) is 11.1 Å². The number of hydrogen-bond acceptors (Lipinski definition) is 7. The van der Waals surface area contributed by atoms with Gasteiger partial charge in [-0.25, -0.2) is 0 Å². The molecule has 2 aromatic heterocycles. The molecule has 0 spiro atoms. The molecule has 0 atom stereocenters. The molecule has 0 saturated carbocycles. The van der Waals surface area contributed by atoms with E-state index in [1.165, 1.54) is 28.7 Å². The molecule has 0 aliphatic rings. The number of aryl methyl sites for hydroxylation is 1. The minimum atomic E-state index is -0.122. The van der Waals surface area contributed by atoms with E-state index in [0.717, 1.165) is 53.8 Å². The van der Waals surface area contributed by atoms with E-state index in [1.807, 2.05) is 0 Å². The first-order valence-electron chi connectivity index (χ1n) is 10.8. The molecule has 9 heteroatoms. The minimum Gasteiger partial charge on any atom is -0.306 e. The number of aromatic nitrogens is 5. The fraction of sp³-hybridized carbons (Fsp3) is 0.500. The van der Waals surface area contributed by atoms with Crippen LogP contribution in [0.15, 0.2) is 29.4 Å². The van der Waals surface area contributed by atoms with Gasteiger partial charge in [0.15, 0.2) is 5.16 Å². The minimum absolute atomic E-state index is 0.122. The SMILES string of the molecule is CCCc1nnc(SCC(=O)Nc2nnc(-c3ccc(CC(C)C)cc3)s2)n1CCC. The van der Waals surface area contributed by atoms with Crippen LogP contribution in [0.1, 0.15) is 51.9 Å². The lowest BCUT2D eigenvalue weighted by atomic mass is 10.0. The summed E-state index contributed by atoms with van der Waals surface area (Å²) in [6, 6.07) is 8.39. The average molecular weight is 459 g/mol. The molecule has 3 aromatic rings. The molecule has 0 unspecified atom stereocenters. The van der Waals surface area contributed by atoms with Gasteiger partial charge in [0.1, 0.15) is 10.8 Å². The van der Waals surface area contributed by atoms with Crippen LogP contribution in [0.2, 0.25) is 0 Å². The molecule has 31 heavy (non-hydrogen) atoms. The van der Waals surface area contributed by atoms with Crippen molar-refractivity contribution in [3.05, 3.63) is 35.7 Å². The second-order valence-electron chi connectivity index (χ2n) is 7.84. The Morgan fingerprint density at radius 1 is 1.10 bits per heavy atom. The number of benzene rings is 1. The predicted octanol–water partition coefficient (Wildman–Crippen LogP) is 5.09. The number of rotatable bonds is 11. The number of nitrogens with zero attached hydrogens (tertiary/aromatic N) is 5. The molecule has 0 fully saturated rings. The van der Waals surface area contributed by atoms with Crippen LogP contribution in [0.5, 0.6) is 0 Å². The van der Waals surface area contributed by atoms with Crippen LogP contribution >= 0.6 is 23.1 Å². The van der Waals surface area contributed by atoms with E-state index in [0.29, 0.717) is 11.0 Å². The zero-order valence-corrected chi connectivity index (χ0v) is 20.2. The summed E-state index contributed by atoms with van der Waals surface area (Å²) in [7, 11) is 0. The summed E-state index contributed by atoms with van der Waals surface area (Å²) in [5, 5.41) is 21.9. The topological polar surface area (TPSA) is 85.6 Å². The normalized spacial score (nSPS) is 11.3. The Morgan fingerprint density at radius 2 is 1.87 bits per heavy atom. The van der Waals surface area contributed by atoms with E-state index in [2.05, 4.69) is 82.2 Å². The lowest BCUT2D eigenvalue weighted by Gasteiger charge is -2.07. The number of carbonyl (C=O) groups is 1. The Bertz CT molecular complexity index is 980. The van der Waals surface area contributed by atoms with Gasteiger partial charge in [-0.05, 0) is 30.7 Å². The Morgan fingerprint density at radius 3 is 2.55 bits per heavy atom. The fourth-order valence-corrected chi connectivity index (χ4v) is 4.76. The van der Waals surface area contributed by atoms with Gasteiger partial charge in [0, 0.05) is 18.5 Å². The molecule has 2 heterocycles. The molecule has 0 aliphatic carbocycles. The Hall–Kier alpha value is -2.26. The summed E-state index contributed by atoms with van der Waals surface area (Å²) < 4.78 is 2.12. The van der Waals surface area contributed by atoms with Crippen molar-refractivity contribution in [1.29, 1.82) is 0 Å². The highest BCUT2D eigenvalue weighted by atomic mass is 32.2. The van der Waals surface area contributed by atoms with Crippen molar-refractivity contribution in [2.45, 2.75) is 65.1 Å². The van der Waals surface area contributed by atoms with Crippen molar-refractivity contribution < 1.29 is 4.79 Å². The second-order valence-corrected chi connectivity index (χ2v) is 9.76. The average Bonchev–Trinajstić information content (AvgIpc) is 3.35. The zero-order chi connectivity index (χ0) is 22.2. The predicted molar refractivity (Wildman–Crippen MR) is 128 cm³/mol. The van der Waals surface area contributed by atoms with Gasteiger partial charge in [-0.3, -0.25) is 10.1 Å². The molecule has 0 radical (unpaired) electrons. The van der Waals surface area contributed by atoms with E-state index >= 15 is 0 Å². The molecular formula is C22H30N6OS2. The summed E-state index contributed by atoms with van der Waals surface area (Å²) in [6.45, 7) is 9.54. The number of carbonyl (C=O) groups excluding carboxylic acids is 1. The summed E-state index contributed by atoms with van der Waals surface area (Å²) in [5.74, 6) is 1.75. The van der Waals surface area contributed by atoms with Crippen LogP contribution in [0.3, 0.4) is 0 Å². The molecule has 0 bridgehead atoms. The molecule has 7 nitrogen and oxygen atoms in total. The third-order valence-corrected chi connectivity index (χ3v) is 6.42. The smallest absolute Gasteiger partial charge is 0.236 e. The van der Waals surface area contributed by atoms with Crippen molar-refractivity contribution in [2.24, 2.45) is 5.92 Å². The number of nitrogens with one attached hydrogen (secondary N) is 1. The van der Waals surface area contributed by atoms with E-state index in [4.69, 9.17) is 0 Å². The number of amides is 1. The summed E-state index contributed by atoms with van der Waals surface area (Å²) in [5.41, 5.74) is 2.32. The second kappa shape index (κ2) is 11.4. The van der Waals surface area contributed by atoms with Crippen LogP contribution in [-0.4, -0.2) is 36.6 Å². The monoisotopic (exact) mass is 458 g/mol. The molecule has 0 saturated heterocycles. The van der Waals surface area contributed by atoms with Gasteiger partial charge in [0.25, 0.3) is 0 Å². The molecular weight excluding hydrogens is 428 g/mol. The number of thioether (sulfide) groups is 1. The van der Waals surface area contributed by atoms with Gasteiger partial charge < -0.3 is 4.57 Å². The first-order chi connectivity index (χ1) is 15.0. The van der Waals surface area contributed by atoms with Gasteiger partial charge in [-0.1, -0.05) is 75.1 Å². The van der Waals surface area contributed by atoms with Crippen molar-refractivity contribution >= 4 is 34.1 Å². The molecule has 1 amide bonds. The third-order valence-electron chi connectivity index (χ3n) is 4.56. The summed E-state index contributed by atoms with van der Waals surface area (Å²) >= 11 is 2.79. The lowest BCUT2D eigenvalue weighted by Crippen LogP contribution is -2.14. The van der Waals surface area contributed by atoms with Crippen LogP contribution < -0.4 is 5.32 Å². The standard InChI is InChI=1S/C22H30N6OS2/c1-5-7-18-24-27-22(28(18)12-6-2)30-14-19(29)23-21-26-25-20(31-21)17-10-8-16(9-11-17)13-15(3)4/h8-11,15H,5-7,12-14H2,1-4H3,(H,23,26,29). The van der Waals surface area contributed by atoms with Gasteiger partial charge in [-0.15, -0.1) is 20.4 Å². The highest BCUT2D eigenvalue weighted by Gasteiger charge is 2.15. The maximum atomic E-state index is 12.4. The molecule has 0 aliphatic heterocycles. The summed E-state index contributed by atoms with van der Waals surface area (Å²) in [6.07, 6.45) is 3.97. The van der Waals surface area contributed by atoms with Gasteiger partial charge in [-0.2, -0.15) is 0 Å². The van der Waals surface area contributed by atoms with Gasteiger partial charge in [0.2, 0.25) is 11.0 Å². The third kappa shape index (κ3) is 6.61. The quantitative estimate of drug-likeness (QED) is 0.403. The zero-order valence-electron chi connectivity index (χ0n) is 18.6. The Labute approximate surface area is 192 Å². The van der Waals surface area contributed by atoms with Crippen molar-refractivity contribution in [3.8, 4) is 10.6 Å². The van der Waals surface area contributed by atoms with Gasteiger partial charge >= 0.3 is 0 Å². The molecule has 166 valence electrons. The van der Waals surface area contributed by atoms with E-state index in [-0.39, 0.29) is 11.7 Å². The first-order valence-corrected chi connectivity index (χ1v) is 12.6. The van der Waals surface area contributed by atoms with Crippen LogP contribution in [0.25, 0.3) is 10.6 Å². The Kier molecular flexibility index (Phi) is 8.60. The van der Waals surface area contributed by atoms with Crippen LogP contribution in [0.4, 0.5) is 5.13 Å². The Balaban J connectivity index is 1.57. The summed E-state index contributed by atoms with van der Waals surface area (Å²) in [4.78, 5) is 12.4. The highest BCUT2D eigenvalue weighted by Crippen LogP contribution is 2.27. The fourth-order valence-electron chi connectivity index (χ4n) is 3.21. The first kappa shape index (κ1) is 23.4. The van der Waals surface area contributed by atoms with E-state index in [9.17, 15) is 4.79 Å². The number of hydrogen-bond donors (Lipinski definition) is 1. The van der Waals surface area contributed by atoms with Crippen LogP contribution in [-0.2, 0) is 24.2 Å². The van der Waals surface area contributed by atoms with Crippen molar-refractivity contribution in [3.63, 3.8) is 0 Å². The van der Waals surface area contributed by atoms with Crippen LogP contribution in [0, 0.1) is 5.92 Å². The van der Waals surface area contributed by atoms with E-state index < -0.39 is 0 Å². The number of anilines is 1. The van der Waals surface area contributed by atoms with Crippen molar-refractivity contribution in [1.82, 2.24) is 25.0 Å². The largest absolute Gasteiger partial charge is 0.306 e. The van der Waals surface area contributed by atoms with E-state index in [1.54, 1.807) is 0 Å². The maximum absolute atomic E-state index is 12.4. The molecule has 1 N–H and O–H groups in total. The lowest BCUT2D eigenvalue weighted by molar-refractivity contribution is -0.113. The molecule has 1 aromatic carbocycles. The van der Waals surface area contributed by atoms with Gasteiger partial charge in [0.05, 0.1) is 5.75 Å². The maximum Gasteiger partial charge on any atom is 0.236 e. The highest BCUT2D eigenvalue weighted by molar-refractivity contribution is 7.99. The molecule has 3 rings (SSSR count).